The first-order chi connectivity index (χ1) is 20.4. The minimum atomic E-state index is -0.810. The number of phenols is 1. The number of benzene rings is 3. The number of carbonyl (C=O) groups excluding carboxylic acids is 2. The molecule has 0 saturated carbocycles. The third-order valence-corrected chi connectivity index (χ3v) is 7.56. The molecule has 0 fully saturated rings. The van der Waals surface area contributed by atoms with Crippen LogP contribution >= 0.6 is 0 Å². The van der Waals surface area contributed by atoms with Gasteiger partial charge in [-0.15, -0.1) is 0 Å². The number of nitrogens with two attached hydrogens (primary N) is 1. The number of amides is 2. The Morgan fingerprint density at radius 3 is 2.30 bits per heavy atom. The second kappa shape index (κ2) is 13.6. The summed E-state index contributed by atoms with van der Waals surface area (Å²) in [6, 6.07) is 24.7. The molecule has 226 valence electrons. The molecule has 8 heteroatoms. The van der Waals surface area contributed by atoms with Gasteiger partial charge in [-0.25, -0.2) is 4.68 Å². The number of primary amides is 1. The minimum Gasteiger partial charge on any atom is -0.508 e. The van der Waals surface area contributed by atoms with Gasteiger partial charge in [-0.1, -0.05) is 57.2 Å². The van der Waals surface area contributed by atoms with Crippen LogP contribution in [0.25, 0.3) is 16.9 Å². The maximum absolute atomic E-state index is 12.7. The predicted molar refractivity (Wildman–Crippen MR) is 173 cm³/mol. The Kier molecular flexibility index (Phi) is 9.91. The lowest BCUT2D eigenvalue weighted by Crippen LogP contribution is -2.45. The molecular weight excluding hydrogens is 538 g/mol. The van der Waals surface area contributed by atoms with Gasteiger partial charge in [-0.05, 0) is 78.3 Å². The van der Waals surface area contributed by atoms with Gasteiger partial charge in [-0.2, -0.15) is 5.10 Å². The van der Waals surface area contributed by atoms with E-state index in [2.05, 4.69) is 79.5 Å². The van der Waals surface area contributed by atoms with Crippen LogP contribution in [0.1, 0.15) is 56.9 Å². The Bertz CT molecular complexity index is 1530. The fourth-order valence-electron chi connectivity index (χ4n) is 4.96. The summed E-state index contributed by atoms with van der Waals surface area (Å²) < 4.78 is 2.00. The number of unbranched alkanes of at least 4 members (excludes halogenated alkanes) is 1. The van der Waals surface area contributed by atoms with Crippen LogP contribution in [0.3, 0.4) is 0 Å². The zero-order valence-corrected chi connectivity index (χ0v) is 25.8. The largest absolute Gasteiger partial charge is 0.508 e. The average Bonchev–Trinajstić information content (AvgIpc) is 3.40. The normalized spacial score (nSPS) is 12.1. The second-order valence-corrected chi connectivity index (χ2v) is 12.3. The van der Waals surface area contributed by atoms with Gasteiger partial charge in [0.15, 0.2) is 0 Å². The number of hydrogen-bond donors (Lipinski definition) is 3. The molecule has 0 bridgehead atoms. The summed E-state index contributed by atoms with van der Waals surface area (Å²) in [5, 5.41) is 17.3. The predicted octanol–water partition coefficient (Wildman–Crippen LogP) is 5.53. The van der Waals surface area contributed by atoms with Crippen molar-refractivity contribution < 1.29 is 14.7 Å². The molecule has 43 heavy (non-hydrogen) atoms. The number of hydrogen-bond acceptors (Lipinski definition) is 5. The van der Waals surface area contributed by atoms with Gasteiger partial charge in [0.25, 0.3) is 0 Å². The van der Waals surface area contributed by atoms with Crippen LogP contribution in [0, 0.1) is 0 Å². The Hall–Kier alpha value is -4.59. The molecule has 4 aromatic rings. The standard InChI is InChI=1S/C35H43N5O3/c1-35(2,3)26-15-17-27(18-16-26)40-29(23-31(38-40)25-9-8-11-28(22-25)39(4)5)10-6-7-12-33(42)37-32(34(36)43)21-24-13-19-30(41)20-14-24/h8-9,11,13-20,22-23,32,41H,6-7,10,12,21H2,1-5H3,(H2,36,43)(H,37,42)/t32-/m0/s1. The summed E-state index contributed by atoms with van der Waals surface area (Å²) in [4.78, 5) is 26.8. The summed E-state index contributed by atoms with van der Waals surface area (Å²) in [5.74, 6) is -0.662. The topological polar surface area (TPSA) is 113 Å². The SMILES string of the molecule is CN(C)c1cccc(-c2cc(CCCCC(=O)N[C@@H](Cc3ccc(O)cc3)C(N)=O)n(-c3ccc(C(C)(C)C)cc3)n2)c1. The van der Waals surface area contributed by atoms with Crippen LogP contribution in [0.2, 0.25) is 0 Å². The Balaban J connectivity index is 1.45. The van der Waals surface area contributed by atoms with E-state index in [4.69, 9.17) is 10.8 Å². The van der Waals surface area contributed by atoms with Gasteiger partial charge in [-0.3, -0.25) is 9.59 Å². The second-order valence-electron chi connectivity index (χ2n) is 12.3. The summed E-state index contributed by atoms with van der Waals surface area (Å²) in [6.07, 6.45) is 2.71. The molecule has 2 amide bonds. The molecule has 0 radical (unpaired) electrons. The highest BCUT2D eigenvalue weighted by atomic mass is 16.3. The summed E-state index contributed by atoms with van der Waals surface area (Å²) in [7, 11) is 4.05. The maximum Gasteiger partial charge on any atom is 0.240 e. The number of aromatic hydroxyl groups is 1. The lowest BCUT2D eigenvalue weighted by molar-refractivity contribution is -0.127. The lowest BCUT2D eigenvalue weighted by atomic mass is 9.87. The quantitative estimate of drug-likeness (QED) is 0.190. The van der Waals surface area contributed by atoms with E-state index < -0.39 is 11.9 Å². The van der Waals surface area contributed by atoms with Crippen molar-refractivity contribution in [2.75, 3.05) is 19.0 Å². The molecule has 0 saturated heterocycles. The smallest absolute Gasteiger partial charge is 0.240 e. The van der Waals surface area contributed by atoms with Crippen molar-refractivity contribution in [3.8, 4) is 22.7 Å². The minimum absolute atomic E-state index is 0.0570. The van der Waals surface area contributed by atoms with Crippen molar-refractivity contribution >= 4 is 17.5 Å². The lowest BCUT2D eigenvalue weighted by Gasteiger charge is -2.19. The number of aryl methyl sites for hydroxylation is 1. The van der Waals surface area contributed by atoms with Crippen LogP contribution < -0.4 is 16.0 Å². The molecule has 1 heterocycles. The van der Waals surface area contributed by atoms with Gasteiger partial charge in [0.05, 0.1) is 11.4 Å². The van der Waals surface area contributed by atoms with E-state index in [0.717, 1.165) is 46.7 Å². The Morgan fingerprint density at radius 2 is 1.67 bits per heavy atom. The third kappa shape index (κ3) is 8.47. The monoisotopic (exact) mass is 581 g/mol. The maximum atomic E-state index is 12.7. The van der Waals surface area contributed by atoms with E-state index >= 15 is 0 Å². The number of anilines is 1. The fraction of sp³-hybridized carbons (Fsp3) is 0.343. The van der Waals surface area contributed by atoms with Gasteiger partial charge >= 0.3 is 0 Å². The number of aromatic nitrogens is 2. The highest BCUT2D eigenvalue weighted by Crippen LogP contribution is 2.28. The molecule has 1 aromatic heterocycles. The number of carbonyl (C=O) groups is 2. The summed E-state index contributed by atoms with van der Waals surface area (Å²) in [6.45, 7) is 6.60. The van der Waals surface area contributed by atoms with Crippen molar-refractivity contribution in [2.24, 2.45) is 5.73 Å². The Labute approximate surface area is 254 Å². The Morgan fingerprint density at radius 1 is 0.977 bits per heavy atom. The first kappa shape index (κ1) is 31.3. The van der Waals surface area contributed by atoms with E-state index in [1.165, 1.54) is 5.56 Å². The highest BCUT2D eigenvalue weighted by Gasteiger charge is 2.19. The van der Waals surface area contributed by atoms with Crippen LogP contribution in [0.4, 0.5) is 5.69 Å². The van der Waals surface area contributed by atoms with Gasteiger partial charge in [0.2, 0.25) is 11.8 Å². The molecule has 0 aliphatic heterocycles. The first-order valence-corrected chi connectivity index (χ1v) is 14.7. The van der Waals surface area contributed by atoms with Crippen LogP contribution in [0.5, 0.6) is 5.75 Å². The van der Waals surface area contributed by atoms with Crippen LogP contribution in [0.15, 0.2) is 78.9 Å². The molecular formula is C35H43N5O3. The van der Waals surface area contributed by atoms with Crippen molar-refractivity contribution in [3.05, 3.63) is 95.7 Å². The van der Waals surface area contributed by atoms with Gasteiger partial charge in [0.1, 0.15) is 11.8 Å². The summed E-state index contributed by atoms with van der Waals surface area (Å²) >= 11 is 0. The molecule has 1 atom stereocenters. The zero-order valence-electron chi connectivity index (χ0n) is 25.8. The van der Waals surface area contributed by atoms with E-state index in [-0.39, 0.29) is 29.9 Å². The highest BCUT2D eigenvalue weighted by molar-refractivity contribution is 5.86. The van der Waals surface area contributed by atoms with Crippen LogP contribution in [-0.4, -0.2) is 46.8 Å². The number of nitrogens with one attached hydrogen (secondary N) is 1. The number of rotatable bonds is 12. The third-order valence-electron chi connectivity index (χ3n) is 7.56. The number of phenolic OH excluding ortho intramolecular Hbond substituents is 1. The summed E-state index contributed by atoms with van der Waals surface area (Å²) in [5.41, 5.74) is 12.8. The van der Waals surface area contributed by atoms with Crippen molar-refractivity contribution in [3.63, 3.8) is 0 Å². The molecule has 0 spiro atoms. The molecule has 3 aromatic carbocycles. The zero-order chi connectivity index (χ0) is 31.1. The van der Waals surface area contributed by atoms with Crippen molar-refractivity contribution in [1.82, 2.24) is 15.1 Å². The number of nitrogens with zero attached hydrogens (tertiary/aromatic N) is 3. The van der Waals surface area contributed by atoms with Crippen molar-refractivity contribution in [2.45, 2.75) is 64.3 Å². The fourth-order valence-corrected chi connectivity index (χ4v) is 4.96. The molecule has 0 unspecified atom stereocenters. The molecule has 0 aliphatic rings. The molecule has 4 rings (SSSR count). The van der Waals surface area contributed by atoms with Crippen LogP contribution in [-0.2, 0) is 27.8 Å². The van der Waals surface area contributed by atoms with Crippen molar-refractivity contribution in [1.29, 1.82) is 0 Å². The van der Waals surface area contributed by atoms with Gasteiger partial charge in [0, 0.05) is 43.9 Å². The van der Waals surface area contributed by atoms with Gasteiger partial charge < -0.3 is 21.1 Å². The van der Waals surface area contributed by atoms with E-state index in [9.17, 15) is 14.7 Å². The van der Waals surface area contributed by atoms with E-state index in [0.29, 0.717) is 6.42 Å². The molecule has 4 N–H and O–H groups in total. The van der Waals surface area contributed by atoms with E-state index in [1.807, 2.05) is 24.8 Å². The first-order valence-electron chi connectivity index (χ1n) is 14.7. The molecule has 8 nitrogen and oxygen atoms in total. The molecule has 0 aliphatic carbocycles. The van der Waals surface area contributed by atoms with E-state index in [1.54, 1.807) is 24.3 Å². The average molecular weight is 582 g/mol.